The van der Waals surface area contributed by atoms with Crippen LogP contribution in [-0.2, 0) is 13.1 Å². The molecule has 0 amide bonds. The molecule has 0 fully saturated rings. The number of aromatic nitrogens is 6. The average molecular weight is 355 g/mol. The van der Waals surface area contributed by atoms with Crippen molar-refractivity contribution in [1.29, 1.82) is 0 Å². The summed E-state index contributed by atoms with van der Waals surface area (Å²) < 4.78 is 3.88. The molecule has 3 aromatic heterocycles. The monoisotopic (exact) mass is 354 g/mol. The van der Waals surface area contributed by atoms with Crippen molar-refractivity contribution in [1.82, 2.24) is 29.5 Å². The van der Waals surface area contributed by atoms with Gasteiger partial charge in [-0.15, -0.1) is 0 Å². The second-order valence-electron chi connectivity index (χ2n) is 6.12. The minimum atomic E-state index is 0.627. The molecule has 1 aromatic carbocycles. The molecule has 0 aliphatic heterocycles. The highest BCUT2D eigenvalue weighted by molar-refractivity contribution is 6.30. The smallest absolute Gasteiger partial charge is 0.177 e. The Morgan fingerprint density at radius 3 is 2.76 bits per heavy atom. The summed E-state index contributed by atoms with van der Waals surface area (Å²) in [6, 6.07) is 7.81. The van der Waals surface area contributed by atoms with Crippen LogP contribution in [0, 0.1) is 13.8 Å². The largest absolute Gasteiger partial charge is 0.335 e. The van der Waals surface area contributed by atoms with Crippen molar-refractivity contribution in [2.45, 2.75) is 33.9 Å². The molecule has 0 atom stereocenters. The average Bonchev–Trinajstić information content (AvgIpc) is 3.24. The predicted molar refractivity (Wildman–Crippen MR) is 98.8 cm³/mol. The van der Waals surface area contributed by atoms with E-state index in [0.717, 1.165) is 51.1 Å². The molecule has 0 saturated heterocycles. The van der Waals surface area contributed by atoms with E-state index in [4.69, 9.17) is 16.6 Å². The number of halogens is 1. The van der Waals surface area contributed by atoms with Crippen LogP contribution in [-0.4, -0.2) is 29.5 Å². The standard InChI is InChI=1S/C18H19ClN6/c1-4-24-12(3)15(9-20-24)17-21-16-11(2)23-25(18(16)22-17)10-13-6-5-7-14(19)8-13/h5-9H,4,10H2,1-3H3,(H,21,22). The van der Waals surface area contributed by atoms with Crippen LogP contribution in [0.15, 0.2) is 30.5 Å². The van der Waals surface area contributed by atoms with Crippen LogP contribution in [0.1, 0.15) is 23.9 Å². The molecule has 4 aromatic rings. The molecule has 3 heterocycles. The van der Waals surface area contributed by atoms with Gasteiger partial charge in [0.2, 0.25) is 0 Å². The van der Waals surface area contributed by atoms with Gasteiger partial charge >= 0.3 is 0 Å². The molecule has 25 heavy (non-hydrogen) atoms. The van der Waals surface area contributed by atoms with Crippen LogP contribution < -0.4 is 0 Å². The Labute approximate surface area is 150 Å². The van der Waals surface area contributed by atoms with Crippen LogP contribution in [0.5, 0.6) is 0 Å². The summed E-state index contributed by atoms with van der Waals surface area (Å²) in [7, 11) is 0. The molecule has 0 unspecified atom stereocenters. The van der Waals surface area contributed by atoms with Gasteiger partial charge in [0.15, 0.2) is 5.65 Å². The molecule has 4 rings (SSSR count). The number of hydrogen-bond donors (Lipinski definition) is 1. The Morgan fingerprint density at radius 2 is 2.04 bits per heavy atom. The Hall–Kier alpha value is -2.60. The van der Waals surface area contributed by atoms with E-state index in [2.05, 4.69) is 29.0 Å². The van der Waals surface area contributed by atoms with Crippen LogP contribution >= 0.6 is 11.6 Å². The fourth-order valence-corrected chi connectivity index (χ4v) is 3.34. The lowest BCUT2D eigenvalue weighted by molar-refractivity contribution is 0.640. The molecule has 1 N–H and O–H groups in total. The lowest BCUT2D eigenvalue weighted by Gasteiger charge is -2.03. The maximum absolute atomic E-state index is 6.09. The maximum Gasteiger partial charge on any atom is 0.177 e. The molecule has 0 aliphatic rings. The summed E-state index contributed by atoms with van der Waals surface area (Å²) in [5.41, 5.74) is 5.95. The lowest BCUT2D eigenvalue weighted by Crippen LogP contribution is -2.02. The third-order valence-corrected chi connectivity index (χ3v) is 4.68. The van der Waals surface area contributed by atoms with E-state index in [9.17, 15) is 0 Å². The number of benzene rings is 1. The SMILES string of the molecule is CCn1ncc(-c2nc3c([nH]2)c(C)nn3Cc2cccc(Cl)c2)c1C. The minimum absolute atomic E-state index is 0.627. The molecular weight excluding hydrogens is 336 g/mol. The van der Waals surface area contributed by atoms with Crippen molar-refractivity contribution in [3.8, 4) is 11.4 Å². The Balaban J connectivity index is 1.77. The summed E-state index contributed by atoms with van der Waals surface area (Å²) >= 11 is 6.09. The molecule has 7 heteroatoms. The van der Waals surface area contributed by atoms with Crippen molar-refractivity contribution in [3.63, 3.8) is 0 Å². The lowest BCUT2D eigenvalue weighted by atomic mass is 10.2. The number of fused-ring (bicyclic) bond motifs is 1. The van der Waals surface area contributed by atoms with E-state index in [0.29, 0.717) is 6.54 Å². The third-order valence-electron chi connectivity index (χ3n) is 4.44. The van der Waals surface area contributed by atoms with Gasteiger partial charge in [0, 0.05) is 17.3 Å². The van der Waals surface area contributed by atoms with Crippen molar-refractivity contribution < 1.29 is 0 Å². The molecule has 0 aliphatic carbocycles. The Bertz CT molecular complexity index is 1060. The predicted octanol–water partition coefficient (Wildman–Crippen LogP) is 3.96. The zero-order chi connectivity index (χ0) is 17.6. The molecule has 0 saturated carbocycles. The molecule has 0 bridgehead atoms. The first-order valence-electron chi connectivity index (χ1n) is 8.27. The zero-order valence-electron chi connectivity index (χ0n) is 14.4. The molecule has 6 nitrogen and oxygen atoms in total. The highest BCUT2D eigenvalue weighted by Gasteiger charge is 2.17. The number of aryl methyl sites for hydroxylation is 2. The number of hydrogen-bond acceptors (Lipinski definition) is 3. The topological polar surface area (TPSA) is 64.3 Å². The van der Waals surface area contributed by atoms with Crippen molar-refractivity contribution >= 4 is 22.8 Å². The number of H-pyrrole nitrogens is 1. The van der Waals surface area contributed by atoms with E-state index >= 15 is 0 Å². The van der Waals surface area contributed by atoms with Gasteiger partial charge in [0.1, 0.15) is 11.3 Å². The summed E-state index contributed by atoms with van der Waals surface area (Å²) in [5.74, 6) is 0.826. The van der Waals surface area contributed by atoms with Crippen molar-refractivity contribution in [3.05, 3.63) is 52.4 Å². The Morgan fingerprint density at radius 1 is 1.20 bits per heavy atom. The van der Waals surface area contributed by atoms with Crippen molar-refractivity contribution in [2.75, 3.05) is 0 Å². The third kappa shape index (κ3) is 2.72. The number of nitrogens with zero attached hydrogens (tertiary/aromatic N) is 5. The van der Waals surface area contributed by atoms with Gasteiger partial charge in [-0.3, -0.25) is 4.68 Å². The van der Waals surface area contributed by atoms with E-state index in [1.165, 1.54) is 0 Å². The first-order valence-corrected chi connectivity index (χ1v) is 8.65. The van der Waals surface area contributed by atoms with E-state index in [-0.39, 0.29) is 0 Å². The Kier molecular flexibility index (Phi) is 3.84. The molecule has 0 radical (unpaired) electrons. The number of rotatable bonds is 4. The summed E-state index contributed by atoms with van der Waals surface area (Å²) in [6.07, 6.45) is 1.86. The molecule has 0 spiro atoms. The summed E-state index contributed by atoms with van der Waals surface area (Å²) in [4.78, 5) is 8.19. The van der Waals surface area contributed by atoms with Gasteiger partial charge in [-0.25, -0.2) is 9.67 Å². The fourth-order valence-electron chi connectivity index (χ4n) is 3.13. The number of imidazole rings is 1. The van der Waals surface area contributed by atoms with E-state index in [1.54, 1.807) is 0 Å². The quantitative estimate of drug-likeness (QED) is 0.603. The molecule has 128 valence electrons. The van der Waals surface area contributed by atoms with Crippen LogP contribution in [0.3, 0.4) is 0 Å². The first-order chi connectivity index (χ1) is 12.1. The van der Waals surface area contributed by atoms with Gasteiger partial charge in [-0.05, 0) is 38.5 Å². The fraction of sp³-hybridized carbons (Fsp3) is 0.278. The minimum Gasteiger partial charge on any atom is -0.335 e. The van der Waals surface area contributed by atoms with Gasteiger partial charge < -0.3 is 4.98 Å². The first kappa shape index (κ1) is 15.9. The second-order valence-corrected chi connectivity index (χ2v) is 6.55. The van der Waals surface area contributed by atoms with Crippen LogP contribution in [0.2, 0.25) is 5.02 Å². The van der Waals surface area contributed by atoms with Crippen LogP contribution in [0.25, 0.3) is 22.6 Å². The van der Waals surface area contributed by atoms with E-state index in [1.807, 2.05) is 46.7 Å². The maximum atomic E-state index is 6.09. The number of aromatic amines is 1. The highest BCUT2D eigenvalue weighted by Crippen LogP contribution is 2.25. The second kappa shape index (κ2) is 6.04. The van der Waals surface area contributed by atoms with Gasteiger partial charge in [-0.2, -0.15) is 10.2 Å². The highest BCUT2D eigenvalue weighted by atomic mass is 35.5. The summed E-state index contributed by atoms with van der Waals surface area (Å²) in [6.45, 7) is 7.59. The van der Waals surface area contributed by atoms with Crippen molar-refractivity contribution in [2.24, 2.45) is 0 Å². The van der Waals surface area contributed by atoms with Gasteiger partial charge in [0.25, 0.3) is 0 Å². The van der Waals surface area contributed by atoms with Gasteiger partial charge in [-0.1, -0.05) is 23.7 Å². The molecular formula is C18H19ClN6. The van der Waals surface area contributed by atoms with Crippen LogP contribution in [0.4, 0.5) is 0 Å². The van der Waals surface area contributed by atoms with E-state index < -0.39 is 0 Å². The van der Waals surface area contributed by atoms with Gasteiger partial charge in [0.05, 0.1) is 24.0 Å². The zero-order valence-corrected chi connectivity index (χ0v) is 15.2. The summed E-state index contributed by atoms with van der Waals surface area (Å²) in [5, 5.41) is 9.74. The normalized spacial score (nSPS) is 11.5. The number of nitrogens with one attached hydrogen (secondary N) is 1.